The number of hydrogen-bond donors (Lipinski definition) is 1. The summed E-state index contributed by atoms with van der Waals surface area (Å²) >= 11 is 6.06. The van der Waals surface area contributed by atoms with E-state index in [1.165, 1.54) is 7.11 Å². The summed E-state index contributed by atoms with van der Waals surface area (Å²) < 4.78 is 9.73. The Kier molecular flexibility index (Phi) is 6.54. The third kappa shape index (κ3) is 4.94. The van der Waals surface area contributed by atoms with Crippen molar-refractivity contribution >= 4 is 17.6 Å². The van der Waals surface area contributed by atoms with Crippen molar-refractivity contribution in [1.29, 1.82) is 0 Å². The predicted octanol–water partition coefficient (Wildman–Crippen LogP) is 2.39. The van der Waals surface area contributed by atoms with Gasteiger partial charge in [0, 0.05) is 6.54 Å². The minimum atomic E-state index is -0.431. The molecule has 0 fully saturated rings. The van der Waals surface area contributed by atoms with Gasteiger partial charge >= 0.3 is 5.97 Å². The number of halogens is 1. The maximum atomic E-state index is 10.9. The Morgan fingerprint density at radius 2 is 2.22 bits per heavy atom. The average Bonchev–Trinajstić information content (AvgIpc) is 2.37. The Labute approximate surface area is 112 Å². The van der Waals surface area contributed by atoms with Crippen LogP contribution in [-0.2, 0) is 16.1 Å². The first-order chi connectivity index (χ1) is 8.67. The van der Waals surface area contributed by atoms with E-state index < -0.39 is 5.97 Å². The van der Waals surface area contributed by atoms with Crippen molar-refractivity contribution in [2.45, 2.75) is 19.9 Å². The molecule has 0 saturated heterocycles. The van der Waals surface area contributed by atoms with Crippen LogP contribution in [0.4, 0.5) is 0 Å². The quantitative estimate of drug-likeness (QED) is 0.611. The summed E-state index contributed by atoms with van der Waals surface area (Å²) in [6, 6.07) is 5.51. The molecule has 0 heterocycles. The summed E-state index contributed by atoms with van der Waals surface area (Å²) in [6.07, 6.45) is 1.09. The summed E-state index contributed by atoms with van der Waals surface area (Å²) in [5.41, 5.74) is 1.08. The molecule has 0 unspecified atom stereocenters. The fraction of sp³-hybridized carbons (Fsp3) is 0.462. The maximum absolute atomic E-state index is 10.9. The van der Waals surface area contributed by atoms with Gasteiger partial charge in [-0.1, -0.05) is 24.6 Å². The normalized spacial score (nSPS) is 10.2. The molecule has 0 aliphatic carbocycles. The van der Waals surface area contributed by atoms with Crippen LogP contribution in [0.25, 0.3) is 0 Å². The van der Waals surface area contributed by atoms with Crippen LogP contribution >= 0.6 is 11.6 Å². The Hall–Kier alpha value is -1.26. The standard InChI is InChI=1S/C13H18ClNO3/c1-3-6-15-8-10-4-5-12(11(14)7-10)18-9-13(16)17-2/h4-5,7,15H,3,6,8-9H2,1-2H3. The number of ether oxygens (including phenoxy) is 2. The molecule has 1 N–H and O–H groups in total. The SMILES string of the molecule is CCCNCc1ccc(OCC(=O)OC)c(Cl)c1. The largest absolute Gasteiger partial charge is 0.480 e. The van der Waals surface area contributed by atoms with Gasteiger partial charge < -0.3 is 14.8 Å². The maximum Gasteiger partial charge on any atom is 0.343 e. The number of carbonyl (C=O) groups is 1. The minimum Gasteiger partial charge on any atom is -0.480 e. The lowest BCUT2D eigenvalue weighted by Gasteiger charge is -2.09. The summed E-state index contributed by atoms with van der Waals surface area (Å²) in [5, 5.41) is 3.78. The van der Waals surface area contributed by atoms with E-state index in [0.717, 1.165) is 25.1 Å². The molecule has 1 aromatic carbocycles. The van der Waals surface area contributed by atoms with Crippen molar-refractivity contribution in [3.63, 3.8) is 0 Å². The minimum absolute atomic E-state index is 0.135. The third-order valence-electron chi connectivity index (χ3n) is 2.33. The summed E-state index contributed by atoms with van der Waals surface area (Å²) in [6.45, 7) is 3.72. The lowest BCUT2D eigenvalue weighted by Crippen LogP contribution is -2.14. The van der Waals surface area contributed by atoms with Crippen molar-refractivity contribution in [2.24, 2.45) is 0 Å². The van der Waals surface area contributed by atoms with Crippen LogP contribution in [0.5, 0.6) is 5.75 Å². The summed E-state index contributed by atoms with van der Waals surface area (Å²) in [4.78, 5) is 10.9. The van der Waals surface area contributed by atoms with Crippen molar-refractivity contribution in [2.75, 3.05) is 20.3 Å². The Morgan fingerprint density at radius 3 is 2.83 bits per heavy atom. The lowest BCUT2D eigenvalue weighted by molar-refractivity contribution is -0.142. The molecule has 0 saturated carbocycles. The first-order valence-electron chi connectivity index (χ1n) is 5.86. The molecule has 1 rings (SSSR count). The zero-order chi connectivity index (χ0) is 13.4. The van der Waals surface area contributed by atoms with E-state index in [0.29, 0.717) is 10.8 Å². The van der Waals surface area contributed by atoms with Crippen LogP contribution in [0, 0.1) is 0 Å². The highest BCUT2D eigenvalue weighted by molar-refractivity contribution is 6.32. The summed E-state index contributed by atoms with van der Waals surface area (Å²) in [7, 11) is 1.32. The van der Waals surface area contributed by atoms with Gasteiger partial charge in [-0.05, 0) is 30.7 Å². The number of esters is 1. The molecule has 0 atom stereocenters. The van der Waals surface area contributed by atoms with Crippen LogP contribution in [-0.4, -0.2) is 26.2 Å². The van der Waals surface area contributed by atoms with E-state index in [1.807, 2.05) is 12.1 Å². The van der Waals surface area contributed by atoms with Gasteiger partial charge in [0.25, 0.3) is 0 Å². The molecular formula is C13H18ClNO3. The average molecular weight is 272 g/mol. The van der Waals surface area contributed by atoms with E-state index in [9.17, 15) is 4.79 Å². The van der Waals surface area contributed by atoms with Gasteiger partial charge in [0.15, 0.2) is 6.61 Å². The number of benzene rings is 1. The molecule has 0 aliphatic rings. The molecule has 100 valence electrons. The molecule has 1 aromatic rings. The summed E-state index contributed by atoms with van der Waals surface area (Å²) in [5.74, 6) is 0.0565. The second-order valence-electron chi connectivity index (χ2n) is 3.81. The molecular weight excluding hydrogens is 254 g/mol. The first kappa shape index (κ1) is 14.8. The highest BCUT2D eigenvalue weighted by Crippen LogP contribution is 2.25. The van der Waals surface area contributed by atoms with Crippen molar-refractivity contribution in [3.05, 3.63) is 28.8 Å². The fourth-order valence-corrected chi connectivity index (χ4v) is 1.63. The van der Waals surface area contributed by atoms with Gasteiger partial charge in [-0.25, -0.2) is 4.79 Å². The number of carbonyl (C=O) groups excluding carboxylic acids is 1. The van der Waals surface area contributed by atoms with E-state index >= 15 is 0 Å². The van der Waals surface area contributed by atoms with E-state index in [2.05, 4.69) is 17.0 Å². The lowest BCUT2D eigenvalue weighted by atomic mass is 10.2. The van der Waals surface area contributed by atoms with Crippen LogP contribution in [0.2, 0.25) is 5.02 Å². The van der Waals surface area contributed by atoms with E-state index in [-0.39, 0.29) is 6.61 Å². The number of nitrogens with one attached hydrogen (secondary N) is 1. The Balaban J connectivity index is 2.53. The zero-order valence-corrected chi connectivity index (χ0v) is 11.4. The highest BCUT2D eigenvalue weighted by Gasteiger charge is 2.06. The van der Waals surface area contributed by atoms with E-state index in [4.69, 9.17) is 16.3 Å². The zero-order valence-electron chi connectivity index (χ0n) is 10.7. The van der Waals surface area contributed by atoms with Gasteiger partial charge in [0.05, 0.1) is 12.1 Å². The van der Waals surface area contributed by atoms with Crippen molar-refractivity contribution < 1.29 is 14.3 Å². The molecule has 0 aliphatic heterocycles. The van der Waals surface area contributed by atoms with Crippen LogP contribution in [0.1, 0.15) is 18.9 Å². The predicted molar refractivity (Wildman–Crippen MR) is 71.0 cm³/mol. The van der Waals surface area contributed by atoms with Gasteiger partial charge in [-0.15, -0.1) is 0 Å². The van der Waals surface area contributed by atoms with Gasteiger partial charge in [0.1, 0.15) is 5.75 Å². The Bertz CT molecular complexity index is 396. The fourth-order valence-electron chi connectivity index (χ4n) is 1.38. The van der Waals surface area contributed by atoms with Gasteiger partial charge in [-0.3, -0.25) is 0 Å². The highest BCUT2D eigenvalue weighted by atomic mass is 35.5. The molecule has 0 spiro atoms. The molecule has 4 nitrogen and oxygen atoms in total. The molecule has 0 bridgehead atoms. The van der Waals surface area contributed by atoms with Crippen LogP contribution in [0.15, 0.2) is 18.2 Å². The number of rotatable bonds is 7. The van der Waals surface area contributed by atoms with Crippen LogP contribution < -0.4 is 10.1 Å². The second-order valence-corrected chi connectivity index (χ2v) is 4.21. The Morgan fingerprint density at radius 1 is 1.44 bits per heavy atom. The molecule has 5 heteroatoms. The number of hydrogen-bond acceptors (Lipinski definition) is 4. The van der Waals surface area contributed by atoms with Crippen LogP contribution in [0.3, 0.4) is 0 Å². The molecule has 0 radical (unpaired) electrons. The van der Waals surface area contributed by atoms with Crippen molar-refractivity contribution in [3.8, 4) is 5.75 Å². The number of methoxy groups -OCH3 is 1. The molecule has 18 heavy (non-hydrogen) atoms. The van der Waals surface area contributed by atoms with E-state index in [1.54, 1.807) is 6.07 Å². The molecule has 0 amide bonds. The third-order valence-corrected chi connectivity index (χ3v) is 2.62. The van der Waals surface area contributed by atoms with Crippen molar-refractivity contribution in [1.82, 2.24) is 5.32 Å². The smallest absolute Gasteiger partial charge is 0.343 e. The molecule has 0 aromatic heterocycles. The van der Waals surface area contributed by atoms with Gasteiger partial charge in [-0.2, -0.15) is 0 Å². The topological polar surface area (TPSA) is 47.6 Å². The first-order valence-corrected chi connectivity index (χ1v) is 6.24. The second kappa shape index (κ2) is 7.95. The monoisotopic (exact) mass is 271 g/mol. The van der Waals surface area contributed by atoms with Gasteiger partial charge in [0.2, 0.25) is 0 Å².